The highest BCUT2D eigenvalue weighted by Gasteiger charge is 2.38. The maximum Gasteiger partial charge on any atom is 0.246 e. The Hall–Kier alpha value is -3.92. The lowest BCUT2D eigenvalue weighted by Gasteiger charge is -2.30. The molecular weight excluding hydrogens is 498 g/mol. The predicted octanol–water partition coefficient (Wildman–Crippen LogP) is 0.847. The zero-order valence-electron chi connectivity index (χ0n) is 22.0. The number of nitrogens with zero attached hydrogens (tertiary/aromatic N) is 2. The second kappa shape index (κ2) is 12.8. The van der Waals surface area contributed by atoms with E-state index in [0.717, 1.165) is 17.5 Å². The van der Waals surface area contributed by atoms with Crippen LogP contribution in [-0.4, -0.2) is 75.8 Å². The molecule has 208 valence electrons. The molecule has 10 nitrogen and oxygen atoms in total. The smallest absolute Gasteiger partial charge is 0.246 e. The molecule has 0 spiro atoms. The Morgan fingerprint density at radius 2 is 1.51 bits per heavy atom. The summed E-state index contributed by atoms with van der Waals surface area (Å²) in [5.74, 6) is -1.30. The van der Waals surface area contributed by atoms with Crippen molar-refractivity contribution in [3.8, 4) is 5.75 Å². The van der Waals surface area contributed by atoms with Gasteiger partial charge in [0.1, 0.15) is 17.8 Å². The van der Waals surface area contributed by atoms with Gasteiger partial charge < -0.3 is 31.7 Å². The Balaban J connectivity index is 1.41. The first-order chi connectivity index (χ1) is 18.7. The zero-order valence-corrected chi connectivity index (χ0v) is 22.0. The highest BCUT2D eigenvalue weighted by atomic mass is 16.3. The van der Waals surface area contributed by atoms with Crippen molar-refractivity contribution in [2.75, 3.05) is 13.1 Å². The number of likely N-dealkylation sites (tertiary alicyclic amines) is 2. The summed E-state index contributed by atoms with van der Waals surface area (Å²) in [5.41, 5.74) is 13.5. The quantitative estimate of drug-likeness (QED) is 0.353. The van der Waals surface area contributed by atoms with Gasteiger partial charge in [-0.25, -0.2) is 0 Å². The van der Waals surface area contributed by atoms with Crippen LogP contribution in [0.3, 0.4) is 0 Å². The Labute approximate surface area is 228 Å². The third-order valence-corrected chi connectivity index (χ3v) is 7.57. The summed E-state index contributed by atoms with van der Waals surface area (Å²) >= 11 is 0. The second-order valence-corrected chi connectivity index (χ2v) is 10.4. The summed E-state index contributed by atoms with van der Waals surface area (Å²) in [7, 11) is 0. The standard InChI is InChI=1S/C29H37N5O5/c30-23(16-20-10-12-22(35)13-11-20)28(38)33-14-4-8-21(33)18-26(36)32-24(17-19-6-2-1-3-7-19)29(39)34-15-5-9-25(34)27(31)37/h1-3,6-7,10-13,21,23-25,35H,4-5,8-9,14-18,30H2,(H2,31,37)(H,32,36)/t21-,23+,24+,25+/m1/s1. The number of aromatic hydroxyl groups is 1. The molecule has 0 bridgehead atoms. The van der Waals surface area contributed by atoms with Crippen molar-refractivity contribution in [3.05, 3.63) is 65.7 Å². The van der Waals surface area contributed by atoms with E-state index in [1.165, 1.54) is 4.90 Å². The molecule has 4 atom stereocenters. The Morgan fingerprint density at radius 3 is 2.21 bits per heavy atom. The SMILES string of the molecule is NC(=O)[C@@H]1CCCN1C(=O)[C@H](Cc1ccccc1)NC(=O)C[C@H]1CCCN1C(=O)[C@@H](N)Cc1ccc(O)cc1. The van der Waals surface area contributed by atoms with Crippen LogP contribution in [0.25, 0.3) is 0 Å². The van der Waals surface area contributed by atoms with Gasteiger partial charge in [-0.1, -0.05) is 42.5 Å². The molecule has 2 aromatic rings. The molecule has 39 heavy (non-hydrogen) atoms. The number of hydrogen-bond donors (Lipinski definition) is 4. The number of rotatable bonds is 10. The van der Waals surface area contributed by atoms with E-state index in [0.29, 0.717) is 38.8 Å². The van der Waals surface area contributed by atoms with E-state index in [1.807, 2.05) is 30.3 Å². The largest absolute Gasteiger partial charge is 0.508 e. The minimum Gasteiger partial charge on any atom is -0.508 e. The van der Waals surface area contributed by atoms with Crippen LogP contribution in [0, 0.1) is 0 Å². The lowest BCUT2D eigenvalue weighted by molar-refractivity contribution is -0.141. The van der Waals surface area contributed by atoms with Crippen molar-refractivity contribution in [1.29, 1.82) is 0 Å². The van der Waals surface area contributed by atoms with Crippen LogP contribution < -0.4 is 16.8 Å². The molecule has 2 saturated heterocycles. The fourth-order valence-electron chi connectivity index (χ4n) is 5.57. The number of amides is 4. The van der Waals surface area contributed by atoms with Crippen LogP contribution in [0.1, 0.15) is 43.2 Å². The minimum atomic E-state index is -0.859. The molecule has 0 aromatic heterocycles. The third-order valence-electron chi connectivity index (χ3n) is 7.57. The lowest BCUT2D eigenvalue weighted by Crippen LogP contribution is -2.54. The summed E-state index contributed by atoms with van der Waals surface area (Å²) in [6.45, 7) is 0.928. The molecule has 4 amide bonds. The van der Waals surface area contributed by atoms with E-state index in [-0.39, 0.29) is 42.4 Å². The Bertz CT molecular complexity index is 1170. The molecule has 0 aliphatic carbocycles. The van der Waals surface area contributed by atoms with Gasteiger partial charge in [-0.05, 0) is 55.4 Å². The number of benzene rings is 2. The van der Waals surface area contributed by atoms with Crippen molar-refractivity contribution in [1.82, 2.24) is 15.1 Å². The van der Waals surface area contributed by atoms with Crippen molar-refractivity contribution < 1.29 is 24.3 Å². The molecule has 0 unspecified atom stereocenters. The van der Waals surface area contributed by atoms with Gasteiger partial charge in [0.25, 0.3) is 0 Å². The van der Waals surface area contributed by atoms with Gasteiger partial charge in [0, 0.05) is 32.0 Å². The maximum absolute atomic E-state index is 13.5. The van der Waals surface area contributed by atoms with Gasteiger partial charge in [-0.3, -0.25) is 19.2 Å². The van der Waals surface area contributed by atoms with Crippen molar-refractivity contribution >= 4 is 23.6 Å². The van der Waals surface area contributed by atoms with Crippen LogP contribution in [0.5, 0.6) is 5.75 Å². The summed E-state index contributed by atoms with van der Waals surface area (Å²) in [5, 5.41) is 12.4. The molecule has 0 saturated carbocycles. The van der Waals surface area contributed by atoms with Crippen LogP contribution in [0.15, 0.2) is 54.6 Å². The van der Waals surface area contributed by atoms with Crippen molar-refractivity contribution in [2.45, 2.75) is 69.1 Å². The van der Waals surface area contributed by atoms with Gasteiger partial charge >= 0.3 is 0 Å². The highest BCUT2D eigenvalue weighted by Crippen LogP contribution is 2.23. The molecule has 6 N–H and O–H groups in total. The third kappa shape index (κ3) is 7.14. The number of nitrogens with two attached hydrogens (primary N) is 2. The molecule has 2 aromatic carbocycles. The van der Waals surface area contributed by atoms with Crippen LogP contribution in [0.2, 0.25) is 0 Å². The molecule has 2 heterocycles. The van der Waals surface area contributed by atoms with E-state index < -0.39 is 24.0 Å². The van der Waals surface area contributed by atoms with Crippen molar-refractivity contribution in [3.63, 3.8) is 0 Å². The number of primary amides is 1. The summed E-state index contributed by atoms with van der Waals surface area (Å²) in [6, 6.07) is 13.3. The zero-order chi connectivity index (χ0) is 27.9. The van der Waals surface area contributed by atoms with Crippen LogP contribution in [0.4, 0.5) is 0 Å². The lowest BCUT2D eigenvalue weighted by atomic mass is 10.0. The second-order valence-electron chi connectivity index (χ2n) is 10.4. The average molecular weight is 536 g/mol. The first-order valence-electron chi connectivity index (χ1n) is 13.5. The Morgan fingerprint density at radius 1 is 0.872 bits per heavy atom. The van der Waals surface area contributed by atoms with Gasteiger partial charge in [0.15, 0.2) is 0 Å². The molecule has 4 rings (SSSR count). The number of phenolic OH excluding ortho intramolecular Hbond substituents is 1. The number of nitrogens with one attached hydrogen (secondary N) is 1. The average Bonchev–Trinajstić information content (AvgIpc) is 3.59. The van der Waals surface area contributed by atoms with E-state index in [4.69, 9.17) is 11.5 Å². The molecule has 2 aliphatic rings. The summed E-state index contributed by atoms with van der Waals surface area (Å²) in [4.78, 5) is 55.0. The molecule has 2 aliphatic heterocycles. The van der Waals surface area contributed by atoms with Crippen molar-refractivity contribution in [2.24, 2.45) is 11.5 Å². The highest BCUT2D eigenvalue weighted by molar-refractivity contribution is 5.92. The number of hydrogen-bond acceptors (Lipinski definition) is 6. The maximum atomic E-state index is 13.5. The first kappa shape index (κ1) is 28.1. The Kier molecular flexibility index (Phi) is 9.19. The monoisotopic (exact) mass is 535 g/mol. The van der Waals surface area contributed by atoms with E-state index in [2.05, 4.69) is 5.32 Å². The normalized spacial score (nSPS) is 20.4. The molecule has 0 radical (unpaired) electrons. The van der Waals surface area contributed by atoms with Gasteiger partial charge in [0.05, 0.1) is 6.04 Å². The topological polar surface area (TPSA) is 159 Å². The van der Waals surface area contributed by atoms with Crippen LogP contribution in [-0.2, 0) is 32.0 Å². The van der Waals surface area contributed by atoms with Gasteiger partial charge in [-0.2, -0.15) is 0 Å². The minimum absolute atomic E-state index is 0.0511. The van der Waals surface area contributed by atoms with E-state index in [9.17, 15) is 24.3 Å². The van der Waals surface area contributed by atoms with Gasteiger partial charge in [-0.15, -0.1) is 0 Å². The fraction of sp³-hybridized carbons (Fsp3) is 0.448. The summed E-state index contributed by atoms with van der Waals surface area (Å²) in [6.07, 6.45) is 3.26. The predicted molar refractivity (Wildman–Crippen MR) is 145 cm³/mol. The van der Waals surface area contributed by atoms with Crippen LogP contribution >= 0.6 is 0 Å². The molecule has 2 fully saturated rings. The van der Waals surface area contributed by atoms with E-state index in [1.54, 1.807) is 29.2 Å². The molecular formula is C29H37N5O5. The molecule has 10 heteroatoms. The fourth-order valence-corrected chi connectivity index (χ4v) is 5.57. The van der Waals surface area contributed by atoms with Gasteiger partial charge in [0.2, 0.25) is 23.6 Å². The summed E-state index contributed by atoms with van der Waals surface area (Å²) < 4.78 is 0. The van der Waals surface area contributed by atoms with E-state index >= 15 is 0 Å². The number of phenols is 1. The number of carbonyl (C=O) groups is 4. The first-order valence-corrected chi connectivity index (χ1v) is 13.5. The number of carbonyl (C=O) groups excluding carboxylic acids is 4.